The summed E-state index contributed by atoms with van der Waals surface area (Å²) in [5.41, 5.74) is 1.17. The van der Waals surface area contributed by atoms with E-state index in [9.17, 15) is 0 Å². The summed E-state index contributed by atoms with van der Waals surface area (Å²) in [6, 6.07) is 6.20. The van der Waals surface area contributed by atoms with Gasteiger partial charge in [-0.05, 0) is 45.6 Å². The Bertz CT molecular complexity index is 694. The molecule has 0 aromatic heterocycles. The van der Waals surface area contributed by atoms with E-state index in [0.29, 0.717) is 6.54 Å². The van der Waals surface area contributed by atoms with Crippen LogP contribution in [-0.2, 0) is 4.74 Å². The molecule has 0 bridgehead atoms. The van der Waals surface area contributed by atoms with E-state index in [4.69, 9.17) is 14.2 Å². The van der Waals surface area contributed by atoms with Gasteiger partial charge in [0.2, 0.25) is 0 Å². The highest BCUT2D eigenvalue weighted by atomic mass is 127. The van der Waals surface area contributed by atoms with Crippen molar-refractivity contribution in [1.29, 1.82) is 0 Å². The maximum absolute atomic E-state index is 5.48. The molecule has 9 heteroatoms. The van der Waals surface area contributed by atoms with Gasteiger partial charge >= 0.3 is 0 Å². The fourth-order valence-electron chi connectivity index (χ4n) is 3.65. The second-order valence-electron chi connectivity index (χ2n) is 8.31. The molecule has 1 aliphatic heterocycles. The first-order valence-corrected chi connectivity index (χ1v) is 10.5. The molecule has 0 saturated carbocycles. The van der Waals surface area contributed by atoms with Crippen molar-refractivity contribution in [3.63, 3.8) is 0 Å². The number of benzene rings is 1. The maximum atomic E-state index is 5.48. The third kappa shape index (κ3) is 7.96. The van der Waals surface area contributed by atoms with Gasteiger partial charge in [0.15, 0.2) is 17.5 Å². The summed E-state index contributed by atoms with van der Waals surface area (Å²) < 4.78 is 16.3. The van der Waals surface area contributed by atoms with Gasteiger partial charge in [-0.25, -0.2) is 0 Å². The van der Waals surface area contributed by atoms with Crippen molar-refractivity contribution in [3.8, 4) is 11.5 Å². The summed E-state index contributed by atoms with van der Waals surface area (Å²) >= 11 is 0. The number of hydrogen-bond donors (Lipinski definition) is 2. The zero-order valence-electron chi connectivity index (χ0n) is 20.0. The summed E-state index contributed by atoms with van der Waals surface area (Å²) in [6.45, 7) is 9.54. The first kappa shape index (κ1) is 27.7. The lowest BCUT2D eigenvalue weighted by molar-refractivity contribution is -0.00834. The molecule has 2 N–H and O–H groups in total. The molecule has 0 amide bonds. The van der Waals surface area contributed by atoms with E-state index in [1.807, 2.05) is 12.1 Å². The Hall–Kier alpha value is -1.30. The molecule has 0 spiro atoms. The summed E-state index contributed by atoms with van der Waals surface area (Å²) in [6.07, 6.45) is 0. The Balaban J connectivity index is 0.00000480. The van der Waals surface area contributed by atoms with Crippen LogP contribution >= 0.6 is 24.0 Å². The van der Waals surface area contributed by atoms with Crippen molar-refractivity contribution in [1.82, 2.24) is 20.4 Å². The Morgan fingerprint density at radius 3 is 2.35 bits per heavy atom. The molecule has 0 radical (unpaired) electrons. The molecule has 8 nitrogen and oxygen atoms in total. The lowest BCUT2D eigenvalue weighted by Gasteiger charge is -2.41. The zero-order valence-corrected chi connectivity index (χ0v) is 22.4. The van der Waals surface area contributed by atoms with Gasteiger partial charge in [0.1, 0.15) is 0 Å². The molecular weight excluding hydrogens is 509 g/mol. The number of likely N-dealkylation sites (N-methyl/N-ethyl adjacent to an activating group) is 1. The minimum absolute atomic E-state index is 0. The largest absolute Gasteiger partial charge is 0.493 e. The first-order chi connectivity index (χ1) is 14.3. The van der Waals surface area contributed by atoms with E-state index < -0.39 is 0 Å². The van der Waals surface area contributed by atoms with Gasteiger partial charge in [-0.3, -0.25) is 9.89 Å². The third-order valence-electron chi connectivity index (χ3n) is 5.66. The zero-order chi connectivity index (χ0) is 22.1. The van der Waals surface area contributed by atoms with Crippen LogP contribution < -0.4 is 20.1 Å². The number of methoxy groups -OCH3 is 2. The quantitative estimate of drug-likeness (QED) is 0.278. The van der Waals surface area contributed by atoms with Crippen molar-refractivity contribution >= 4 is 29.9 Å². The Morgan fingerprint density at radius 2 is 1.81 bits per heavy atom. The molecule has 1 atom stereocenters. The second-order valence-corrected chi connectivity index (χ2v) is 8.31. The highest BCUT2D eigenvalue weighted by molar-refractivity contribution is 14.0. The predicted octanol–water partition coefficient (Wildman–Crippen LogP) is 2.20. The van der Waals surface area contributed by atoms with E-state index >= 15 is 0 Å². The monoisotopic (exact) mass is 549 g/mol. The summed E-state index contributed by atoms with van der Waals surface area (Å²) in [7, 11) is 9.25. The van der Waals surface area contributed by atoms with Crippen LogP contribution in [0.1, 0.15) is 25.5 Å². The minimum atomic E-state index is 0. The first-order valence-electron chi connectivity index (χ1n) is 10.5. The number of nitrogens with one attached hydrogen (secondary N) is 2. The van der Waals surface area contributed by atoms with Crippen LogP contribution in [0.5, 0.6) is 11.5 Å². The highest BCUT2D eigenvalue weighted by Gasteiger charge is 2.28. The molecule has 1 aromatic rings. The lowest BCUT2D eigenvalue weighted by Crippen LogP contribution is -2.56. The fraction of sp³-hybridized carbons (Fsp3) is 0.682. The average molecular weight is 549 g/mol. The maximum Gasteiger partial charge on any atom is 0.191 e. The van der Waals surface area contributed by atoms with Crippen LogP contribution in [0.25, 0.3) is 0 Å². The molecule has 2 rings (SSSR count). The van der Waals surface area contributed by atoms with Crippen LogP contribution in [0.15, 0.2) is 23.2 Å². The van der Waals surface area contributed by atoms with Gasteiger partial charge in [0.05, 0.1) is 33.5 Å². The summed E-state index contributed by atoms with van der Waals surface area (Å²) in [5.74, 6) is 2.26. The number of guanidine groups is 1. The van der Waals surface area contributed by atoms with Crippen LogP contribution in [0.2, 0.25) is 0 Å². The van der Waals surface area contributed by atoms with Gasteiger partial charge in [-0.2, -0.15) is 0 Å². The lowest BCUT2D eigenvalue weighted by atomic mass is 10.0. The molecule has 0 aliphatic carbocycles. The van der Waals surface area contributed by atoms with Crippen LogP contribution in [0, 0.1) is 0 Å². The number of hydrogen-bond acceptors (Lipinski definition) is 6. The van der Waals surface area contributed by atoms with Gasteiger partial charge in [0, 0.05) is 38.8 Å². The molecule has 178 valence electrons. The smallest absolute Gasteiger partial charge is 0.191 e. The topological polar surface area (TPSA) is 70.6 Å². The standard InChI is InChI=1S/C22H39N5O3.HI/c1-22(2,27-10-12-30-13-11-27)16-25-21(23-3)24-15-18(26(4)5)17-8-9-19(28-6)20(14-17)29-7;/h8-9,14,18H,10-13,15-16H2,1-7H3,(H2,23,24,25);1H. The predicted molar refractivity (Wildman–Crippen MR) is 137 cm³/mol. The average Bonchev–Trinajstić information content (AvgIpc) is 2.76. The van der Waals surface area contributed by atoms with Crippen LogP contribution in [0.4, 0.5) is 0 Å². The van der Waals surface area contributed by atoms with Gasteiger partial charge < -0.3 is 29.7 Å². The van der Waals surface area contributed by atoms with E-state index in [1.165, 1.54) is 0 Å². The molecule has 1 fully saturated rings. The van der Waals surface area contributed by atoms with Crippen molar-refractivity contribution in [3.05, 3.63) is 23.8 Å². The molecule has 31 heavy (non-hydrogen) atoms. The minimum Gasteiger partial charge on any atom is -0.493 e. The number of halogens is 1. The third-order valence-corrected chi connectivity index (χ3v) is 5.66. The second kappa shape index (κ2) is 13.3. The van der Waals surface area contributed by atoms with Crippen molar-refractivity contribution in [2.75, 3.05) is 74.8 Å². The normalized spacial score (nSPS) is 16.5. The molecule has 1 saturated heterocycles. The van der Waals surface area contributed by atoms with E-state index in [1.54, 1.807) is 21.3 Å². The van der Waals surface area contributed by atoms with Crippen LogP contribution in [0.3, 0.4) is 0 Å². The summed E-state index contributed by atoms with van der Waals surface area (Å²) in [5, 5.41) is 6.96. The SMILES string of the molecule is CN=C(NCC(c1ccc(OC)c(OC)c1)N(C)C)NCC(C)(C)N1CCOCC1.I. The number of aliphatic imine (C=N–C) groups is 1. The van der Waals surface area contributed by atoms with E-state index in [-0.39, 0.29) is 35.6 Å². The number of nitrogens with zero attached hydrogens (tertiary/aromatic N) is 3. The molecule has 1 aliphatic rings. The fourth-order valence-corrected chi connectivity index (χ4v) is 3.65. The molecule has 1 heterocycles. The van der Waals surface area contributed by atoms with E-state index in [2.05, 4.69) is 59.4 Å². The van der Waals surface area contributed by atoms with Gasteiger partial charge in [0.25, 0.3) is 0 Å². The van der Waals surface area contributed by atoms with Crippen molar-refractivity contribution in [2.45, 2.75) is 25.4 Å². The molecule has 1 aromatic carbocycles. The van der Waals surface area contributed by atoms with Crippen molar-refractivity contribution < 1.29 is 14.2 Å². The van der Waals surface area contributed by atoms with E-state index in [0.717, 1.165) is 55.9 Å². The van der Waals surface area contributed by atoms with Crippen molar-refractivity contribution in [2.24, 2.45) is 4.99 Å². The summed E-state index contributed by atoms with van der Waals surface area (Å²) in [4.78, 5) is 9.05. The molecule has 1 unspecified atom stereocenters. The van der Waals surface area contributed by atoms with Gasteiger partial charge in [-0.1, -0.05) is 6.07 Å². The Morgan fingerprint density at radius 1 is 1.16 bits per heavy atom. The van der Waals surface area contributed by atoms with Crippen LogP contribution in [-0.4, -0.2) is 96.1 Å². The number of morpholine rings is 1. The Labute approximate surface area is 204 Å². The number of ether oxygens (including phenoxy) is 3. The van der Waals surface area contributed by atoms with Gasteiger partial charge in [-0.15, -0.1) is 24.0 Å². The highest BCUT2D eigenvalue weighted by Crippen LogP contribution is 2.31. The Kier molecular flexibility index (Phi) is 11.9. The molecular formula is C22H40IN5O3. The number of rotatable bonds is 9.